The first-order valence-corrected chi connectivity index (χ1v) is 6.92. The van der Waals surface area contributed by atoms with Crippen LogP contribution < -0.4 is 5.48 Å². The maximum absolute atomic E-state index is 11.4. The molecule has 1 aliphatic rings. The molecule has 0 radical (unpaired) electrons. The quantitative estimate of drug-likeness (QED) is 0.854. The van der Waals surface area contributed by atoms with Gasteiger partial charge in [0.25, 0.3) is 0 Å². The third-order valence-electron chi connectivity index (χ3n) is 2.40. The number of benzene rings is 1. The third-order valence-corrected chi connectivity index (χ3v) is 3.35. The molecule has 86 valence electrons. The average Bonchev–Trinajstić information content (AvgIpc) is 2.66. The fraction of sp³-hybridized carbons (Fsp3) is 0.273. The number of hydroxylamine groups is 1. The third kappa shape index (κ3) is 2.25. The Labute approximate surface area is 94.8 Å². The van der Waals surface area contributed by atoms with Crippen LogP contribution in [0.15, 0.2) is 42.6 Å². The van der Waals surface area contributed by atoms with Crippen molar-refractivity contribution in [3.05, 3.63) is 48.2 Å². The van der Waals surface area contributed by atoms with Gasteiger partial charge in [0.05, 0.1) is 5.75 Å². The molecule has 1 aliphatic heterocycles. The Morgan fingerprint density at radius 2 is 2.00 bits per heavy atom. The molecule has 1 aromatic rings. The van der Waals surface area contributed by atoms with E-state index in [2.05, 4.69) is 5.48 Å². The van der Waals surface area contributed by atoms with Gasteiger partial charge < -0.3 is 0 Å². The Balaban J connectivity index is 2.41. The zero-order valence-corrected chi connectivity index (χ0v) is 9.70. The van der Waals surface area contributed by atoms with Gasteiger partial charge in [-0.2, -0.15) is 0 Å². The Morgan fingerprint density at radius 3 is 2.50 bits per heavy atom. The topological polar surface area (TPSA) is 55.4 Å². The van der Waals surface area contributed by atoms with Crippen molar-refractivity contribution in [3.63, 3.8) is 0 Å². The van der Waals surface area contributed by atoms with Gasteiger partial charge in [0.1, 0.15) is 0 Å². The van der Waals surface area contributed by atoms with Crippen molar-refractivity contribution in [1.82, 2.24) is 5.48 Å². The van der Waals surface area contributed by atoms with E-state index in [9.17, 15) is 8.42 Å². The van der Waals surface area contributed by atoms with Crippen LogP contribution in [0.4, 0.5) is 0 Å². The molecule has 0 spiro atoms. The van der Waals surface area contributed by atoms with E-state index >= 15 is 0 Å². The van der Waals surface area contributed by atoms with E-state index in [0.717, 1.165) is 5.56 Å². The second kappa shape index (κ2) is 3.92. The van der Waals surface area contributed by atoms with Crippen molar-refractivity contribution >= 4 is 9.84 Å². The Kier molecular flexibility index (Phi) is 2.73. The maximum Gasteiger partial charge on any atom is 0.155 e. The molecule has 0 bridgehead atoms. The van der Waals surface area contributed by atoms with E-state index in [1.54, 1.807) is 12.3 Å². The normalized spacial score (nSPS) is 24.3. The lowest BCUT2D eigenvalue weighted by molar-refractivity contribution is -0.0255. The fourth-order valence-electron chi connectivity index (χ4n) is 1.77. The average molecular weight is 239 g/mol. The van der Waals surface area contributed by atoms with Gasteiger partial charge in [-0.3, -0.25) is 10.3 Å². The highest BCUT2D eigenvalue weighted by Gasteiger charge is 2.37. The van der Waals surface area contributed by atoms with Crippen LogP contribution in [0.2, 0.25) is 0 Å². The summed E-state index contributed by atoms with van der Waals surface area (Å²) in [6.45, 7) is 0. The Hall–Kier alpha value is -1.33. The smallest absolute Gasteiger partial charge is 0.155 e. The summed E-state index contributed by atoms with van der Waals surface area (Å²) >= 11 is 0. The Bertz CT molecular complexity index is 495. The summed E-state index contributed by atoms with van der Waals surface area (Å²) in [4.78, 5) is 5.36. The van der Waals surface area contributed by atoms with Crippen LogP contribution in [0.3, 0.4) is 0 Å². The molecule has 0 amide bonds. The molecule has 1 unspecified atom stereocenters. The number of rotatable bonds is 3. The predicted molar refractivity (Wildman–Crippen MR) is 61.2 cm³/mol. The number of hydrogen-bond donors (Lipinski definition) is 1. The molecular formula is C11H13NO3S. The second-order valence-corrected chi connectivity index (χ2v) is 6.02. The summed E-state index contributed by atoms with van der Waals surface area (Å²) < 4.78 is 22.8. The van der Waals surface area contributed by atoms with Crippen LogP contribution in [0.25, 0.3) is 0 Å². The molecule has 0 saturated carbocycles. The number of sulfone groups is 1. The number of nitrogens with one attached hydrogen (secondary N) is 1. The molecular weight excluding hydrogens is 226 g/mol. The van der Waals surface area contributed by atoms with Crippen molar-refractivity contribution in [2.24, 2.45) is 0 Å². The monoisotopic (exact) mass is 239 g/mol. The highest BCUT2D eigenvalue weighted by atomic mass is 32.2. The molecule has 1 N–H and O–H groups in total. The minimum absolute atomic E-state index is 0.0759. The summed E-state index contributed by atoms with van der Waals surface area (Å²) in [6.07, 6.45) is 4.54. The van der Waals surface area contributed by atoms with Crippen LogP contribution >= 0.6 is 0 Å². The van der Waals surface area contributed by atoms with E-state index in [-0.39, 0.29) is 5.75 Å². The van der Waals surface area contributed by atoms with E-state index < -0.39 is 15.4 Å². The first-order chi connectivity index (χ1) is 7.52. The number of hydrogen-bond acceptors (Lipinski definition) is 4. The van der Waals surface area contributed by atoms with Crippen LogP contribution in [-0.2, 0) is 20.3 Å². The van der Waals surface area contributed by atoms with Gasteiger partial charge in [-0.1, -0.05) is 30.3 Å². The maximum atomic E-state index is 11.4. The summed E-state index contributed by atoms with van der Waals surface area (Å²) in [5.74, 6) is -0.0759. The molecule has 0 fully saturated rings. The lowest BCUT2D eigenvalue weighted by atomic mass is 9.96. The van der Waals surface area contributed by atoms with Gasteiger partial charge in [0.15, 0.2) is 15.4 Å². The van der Waals surface area contributed by atoms with E-state index in [4.69, 9.17) is 4.84 Å². The van der Waals surface area contributed by atoms with Crippen LogP contribution in [0, 0.1) is 0 Å². The minimum Gasteiger partial charge on any atom is -0.273 e. The zero-order valence-electron chi connectivity index (χ0n) is 8.88. The van der Waals surface area contributed by atoms with Gasteiger partial charge in [-0.15, -0.1) is 0 Å². The lowest BCUT2D eigenvalue weighted by Crippen LogP contribution is -2.34. The molecule has 5 heteroatoms. The molecule has 2 rings (SSSR count). The molecule has 0 aromatic heterocycles. The van der Waals surface area contributed by atoms with Gasteiger partial charge in [0.2, 0.25) is 0 Å². The summed E-state index contributed by atoms with van der Waals surface area (Å²) in [7, 11) is -3.13. The fourth-order valence-corrected chi connectivity index (χ4v) is 2.87. The zero-order chi connectivity index (χ0) is 11.6. The largest absolute Gasteiger partial charge is 0.273 e. The van der Waals surface area contributed by atoms with Crippen molar-refractivity contribution in [3.8, 4) is 0 Å². The minimum atomic E-state index is -3.13. The second-order valence-electron chi connectivity index (χ2n) is 3.88. The van der Waals surface area contributed by atoms with Crippen molar-refractivity contribution < 1.29 is 13.3 Å². The molecule has 16 heavy (non-hydrogen) atoms. The van der Waals surface area contributed by atoms with Crippen LogP contribution in [-0.4, -0.2) is 20.4 Å². The predicted octanol–water partition coefficient (Wildman–Crippen LogP) is 0.975. The van der Waals surface area contributed by atoms with E-state index in [0.29, 0.717) is 0 Å². The van der Waals surface area contributed by atoms with E-state index in [1.165, 1.54) is 6.26 Å². The van der Waals surface area contributed by atoms with Gasteiger partial charge in [0, 0.05) is 12.5 Å². The summed E-state index contributed by atoms with van der Waals surface area (Å²) in [5.41, 5.74) is 2.50. The molecule has 4 nitrogen and oxygen atoms in total. The first-order valence-electron chi connectivity index (χ1n) is 4.86. The van der Waals surface area contributed by atoms with E-state index in [1.807, 2.05) is 30.3 Å². The summed E-state index contributed by atoms with van der Waals surface area (Å²) in [6, 6.07) is 9.29. The molecule has 1 aromatic carbocycles. The van der Waals surface area contributed by atoms with Crippen molar-refractivity contribution in [2.45, 2.75) is 5.60 Å². The highest BCUT2D eigenvalue weighted by Crippen LogP contribution is 2.30. The SMILES string of the molecule is CS(=O)(=O)CC1(c2ccccc2)C=CNO1. The highest BCUT2D eigenvalue weighted by molar-refractivity contribution is 7.90. The van der Waals surface area contributed by atoms with Gasteiger partial charge in [-0.25, -0.2) is 8.42 Å². The van der Waals surface area contributed by atoms with Gasteiger partial charge in [-0.05, 0) is 11.6 Å². The first kappa shape index (κ1) is 11.2. The molecule has 1 heterocycles. The van der Waals surface area contributed by atoms with Crippen LogP contribution in [0.1, 0.15) is 5.56 Å². The molecule has 0 aliphatic carbocycles. The Morgan fingerprint density at radius 1 is 1.31 bits per heavy atom. The van der Waals surface area contributed by atoms with Crippen molar-refractivity contribution in [1.29, 1.82) is 0 Å². The standard InChI is InChI=1S/C11H13NO3S/c1-16(13,14)9-11(7-8-12-15-11)10-5-3-2-4-6-10/h2-8,12H,9H2,1H3. The van der Waals surface area contributed by atoms with Crippen LogP contribution in [0.5, 0.6) is 0 Å². The molecule has 1 atom stereocenters. The lowest BCUT2D eigenvalue weighted by Gasteiger charge is -2.25. The summed E-state index contributed by atoms with van der Waals surface area (Å²) in [5, 5.41) is 0. The van der Waals surface area contributed by atoms with Gasteiger partial charge >= 0.3 is 0 Å². The van der Waals surface area contributed by atoms with Crippen molar-refractivity contribution in [2.75, 3.05) is 12.0 Å². The molecule has 0 saturated heterocycles.